The summed E-state index contributed by atoms with van der Waals surface area (Å²) < 4.78 is 9.82. The van der Waals surface area contributed by atoms with Crippen molar-refractivity contribution in [3.63, 3.8) is 0 Å². The molecule has 0 spiro atoms. The molecule has 86 valence electrons. The smallest absolute Gasteiger partial charge is 0.303 e. The maximum atomic E-state index is 11.8. The zero-order chi connectivity index (χ0) is 12.1. The number of methoxy groups -OCH3 is 1. The average Bonchev–Trinajstić information content (AvgIpc) is 2.27. The SMILES string of the molecule is COc1cccc(C(=O)C(C)OC(C)=O)c1. The van der Waals surface area contributed by atoms with Crippen molar-refractivity contribution in [2.24, 2.45) is 0 Å². The molecule has 0 amide bonds. The Morgan fingerprint density at radius 1 is 1.31 bits per heavy atom. The summed E-state index contributed by atoms with van der Waals surface area (Å²) in [5.74, 6) is -0.112. The van der Waals surface area contributed by atoms with Crippen molar-refractivity contribution < 1.29 is 19.1 Å². The zero-order valence-electron chi connectivity index (χ0n) is 9.52. The Labute approximate surface area is 94.2 Å². The molecule has 0 aliphatic heterocycles. The minimum Gasteiger partial charge on any atom is -0.497 e. The lowest BCUT2D eigenvalue weighted by Crippen LogP contribution is -2.23. The fourth-order valence-electron chi connectivity index (χ4n) is 1.31. The van der Waals surface area contributed by atoms with E-state index >= 15 is 0 Å². The van der Waals surface area contributed by atoms with Gasteiger partial charge in [0.05, 0.1) is 7.11 Å². The number of ketones is 1. The summed E-state index contributed by atoms with van der Waals surface area (Å²) in [5.41, 5.74) is 0.466. The number of esters is 1. The van der Waals surface area contributed by atoms with Crippen molar-refractivity contribution in [1.82, 2.24) is 0 Å². The summed E-state index contributed by atoms with van der Waals surface area (Å²) in [6.45, 7) is 2.82. The first-order valence-corrected chi connectivity index (χ1v) is 4.90. The van der Waals surface area contributed by atoms with Crippen LogP contribution >= 0.6 is 0 Å². The molecule has 0 aromatic heterocycles. The van der Waals surface area contributed by atoms with Gasteiger partial charge in [-0.1, -0.05) is 12.1 Å². The summed E-state index contributed by atoms with van der Waals surface area (Å²) in [7, 11) is 1.53. The van der Waals surface area contributed by atoms with E-state index in [0.717, 1.165) is 0 Å². The van der Waals surface area contributed by atoms with Gasteiger partial charge in [-0.25, -0.2) is 0 Å². The highest BCUT2D eigenvalue weighted by atomic mass is 16.5. The molecule has 1 rings (SSSR count). The maximum absolute atomic E-state index is 11.8. The molecule has 0 heterocycles. The third-order valence-electron chi connectivity index (χ3n) is 2.07. The lowest BCUT2D eigenvalue weighted by molar-refractivity contribution is -0.143. The van der Waals surface area contributed by atoms with Crippen LogP contribution in [0.5, 0.6) is 5.75 Å². The molecule has 4 heteroatoms. The second-order valence-electron chi connectivity index (χ2n) is 3.35. The molecule has 0 bridgehead atoms. The summed E-state index contributed by atoms with van der Waals surface area (Å²) in [5, 5.41) is 0. The minimum absolute atomic E-state index is 0.242. The van der Waals surface area contributed by atoms with Gasteiger partial charge in [-0.2, -0.15) is 0 Å². The van der Waals surface area contributed by atoms with Gasteiger partial charge in [0.2, 0.25) is 5.78 Å². The molecular weight excluding hydrogens is 208 g/mol. The van der Waals surface area contributed by atoms with E-state index in [2.05, 4.69) is 0 Å². The van der Waals surface area contributed by atoms with Crippen LogP contribution in [0.15, 0.2) is 24.3 Å². The van der Waals surface area contributed by atoms with E-state index in [4.69, 9.17) is 9.47 Å². The third-order valence-corrected chi connectivity index (χ3v) is 2.07. The Hall–Kier alpha value is -1.84. The van der Waals surface area contributed by atoms with Crippen LogP contribution in [0, 0.1) is 0 Å². The standard InChI is InChI=1S/C12H14O4/c1-8(16-9(2)13)12(14)10-5-4-6-11(7-10)15-3/h4-8H,1-3H3. The second-order valence-corrected chi connectivity index (χ2v) is 3.35. The molecule has 0 aliphatic rings. The van der Waals surface area contributed by atoms with Crippen LogP contribution in [0.1, 0.15) is 24.2 Å². The van der Waals surface area contributed by atoms with Crippen LogP contribution in [0.3, 0.4) is 0 Å². The average molecular weight is 222 g/mol. The maximum Gasteiger partial charge on any atom is 0.303 e. The molecule has 1 aromatic carbocycles. The molecule has 0 aliphatic carbocycles. The second kappa shape index (κ2) is 5.30. The molecular formula is C12H14O4. The van der Waals surface area contributed by atoms with Gasteiger partial charge in [0.1, 0.15) is 5.75 Å². The van der Waals surface area contributed by atoms with E-state index in [9.17, 15) is 9.59 Å². The summed E-state index contributed by atoms with van der Waals surface area (Å²) >= 11 is 0. The Morgan fingerprint density at radius 3 is 2.56 bits per heavy atom. The van der Waals surface area contributed by atoms with Gasteiger partial charge in [-0.3, -0.25) is 9.59 Å². The topological polar surface area (TPSA) is 52.6 Å². The van der Waals surface area contributed by atoms with Gasteiger partial charge in [0, 0.05) is 12.5 Å². The van der Waals surface area contributed by atoms with Crippen molar-refractivity contribution in [3.8, 4) is 5.75 Å². The largest absolute Gasteiger partial charge is 0.497 e. The fourth-order valence-corrected chi connectivity index (χ4v) is 1.31. The van der Waals surface area contributed by atoms with Crippen LogP contribution < -0.4 is 4.74 Å². The molecule has 1 aromatic rings. The monoisotopic (exact) mass is 222 g/mol. The molecule has 0 radical (unpaired) electrons. The number of Topliss-reactive ketones (excluding diaryl/α,β-unsaturated/α-hetero) is 1. The highest BCUT2D eigenvalue weighted by molar-refractivity contribution is 6.00. The first-order chi connectivity index (χ1) is 7.54. The van der Waals surface area contributed by atoms with Gasteiger partial charge in [-0.15, -0.1) is 0 Å². The number of rotatable bonds is 4. The predicted molar refractivity (Wildman–Crippen MR) is 58.6 cm³/mol. The van der Waals surface area contributed by atoms with Gasteiger partial charge < -0.3 is 9.47 Å². The number of carbonyl (C=O) groups is 2. The van der Waals surface area contributed by atoms with Crippen LogP contribution in [0.2, 0.25) is 0 Å². The first kappa shape index (κ1) is 12.2. The van der Waals surface area contributed by atoms with Crippen LogP contribution in [0.25, 0.3) is 0 Å². The van der Waals surface area contributed by atoms with Crippen molar-refractivity contribution in [2.45, 2.75) is 20.0 Å². The Balaban J connectivity index is 2.83. The molecule has 0 N–H and O–H groups in total. The Morgan fingerprint density at radius 2 is 2.00 bits per heavy atom. The van der Waals surface area contributed by atoms with Crippen molar-refractivity contribution >= 4 is 11.8 Å². The highest BCUT2D eigenvalue weighted by Crippen LogP contribution is 2.14. The lowest BCUT2D eigenvalue weighted by atomic mass is 10.1. The normalized spacial score (nSPS) is 11.7. The van der Waals surface area contributed by atoms with E-state index in [-0.39, 0.29) is 5.78 Å². The van der Waals surface area contributed by atoms with E-state index in [1.807, 2.05) is 0 Å². The molecule has 1 unspecified atom stereocenters. The Bertz CT molecular complexity index is 398. The highest BCUT2D eigenvalue weighted by Gasteiger charge is 2.17. The summed E-state index contributed by atoms with van der Waals surface area (Å²) in [4.78, 5) is 22.5. The van der Waals surface area contributed by atoms with Crippen LogP contribution in [-0.2, 0) is 9.53 Å². The van der Waals surface area contributed by atoms with Crippen LogP contribution in [0.4, 0.5) is 0 Å². The van der Waals surface area contributed by atoms with Gasteiger partial charge in [0.25, 0.3) is 0 Å². The number of benzene rings is 1. The fraction of sp³-hybridized carbons (Fsp3) is 0.333. The summed E-state index contributed by atoms with van der Waals surface area (Å²) in [6.07, 6.45) is -0.774. The van der Waals surface area contributed by atoms with Crippen molar-refractivity contribution in [3.05, 3.63) is 29.8 Å². The number of carbonyl (C=O) groups excluding carboxylic acids is 2. The third kappa shape index (κ3) is 3.08. The predicted octanol–water partition coefficient (Wildman–Crippen LogP) is 1.83. The number of hydrogen-bond acceptors (Lipinski definition) is 4. The number of ether oxygens (including phenoxy) is 2. The molecule has 0 fully saturated rings. The first-order valence-electron chi connectivity index (χ1n) is 4.90. The molecule has 16 heavy (non-hydrogen) atoms. The van der Waals surface area contributed by atoms with E-state index in [0.29, 0.717) is 11.3 Å². The molecule has 4 nitrogen and oxygen atoms in total. The van der Waals surface area contributed by atoms with Gasteiger partial charge in [0.15, 0.2) is 6.10 Å². The van der Waals surface area contributed by atoms with E-state index in [1.54, 1.807) is 31.2 Å². The zero-order valence-corrected chi connectivity index (χ0v) is 9.52. The van der Waals surface area contributed by atoms with E-state index in [1.165, 1.54) is 14.0 Å². The van der Waals surface area contributed by atoms with Crippen molar-refractivity contribution in [2.75, 3.05) is 7.11 Å². The molecule has 1 atom stereocenters. The lowest BCUT2D eigenvalue weighted by Gasteiger charge is -2.11. The van der Waals surface area contributed by atoms with Crippen LogP contribution in [-0.4, -0.2) is 25.0 Å². The minimum atomic E-state index is -0.774. The van der Waals surface area contributed by atoms with Gasteiger partial charge >= 0.3 is 5.97 Å². The summed E-state index contributed by atoms with van der Waals surface area (Å²) in [6, 6.07) is 6.73. The molecule has 0 saturated carbocycles. The van der Waals surface area contributed by atoms with E-state index < -0.39 is 12.1 Å². The quantitative estimate of drug-likeness (QED) is 0.576. The van der Waals surface area contributed by atoms with Gasteiger partial charge in [-0.05, 0) is 19.1 Å². The van der Waals surface area contributed by atoms with Crippen molar-refractivity contribution in [1.29, 1.82) is 0 Å². The Kier molecular flexibility index (Phi) is 4.05. The number of hydrogen-bond donors (Lipinski definition) is 0. The molecule has 0 saturated heterocycles.